The summed E-state index contributed by atoms with van der Waals surface area (Å²) in [5.41, 5.74) is 1.13. The van der Waals surface area contributed by atoms with Crippen LogP contribution in [0.25, 0.3) is 0 Å². The van der Waals surface area contributed by atoms with Crippen LogP contribution < -0.4 is 15.4 Å². The van der Waals surface area contributed by atoms with Crippen LogP contribution >= 0.6 is 0 Å². The van der Waals surface area contributed by atoms with E-state index >= 15 is 0 Å². The lowest BCUT2D eigenvalue weighted by Gasteiger charge is -2.29. The Hall–Kier alpha value is -1.55. The van der Waals surface area contributed by atoms with Gasteiger partial charge in [-0.1, -0.05) is 39.0 Å². The molecule has 2 aliphatic rings. The van der Waals surface area contributed by atoms with Crippen LogP contribution in [0.2, 0.25) is 0 Å². The molecule has 4 nitrogen and oxygen atoms in total. The van der Waals surface area contributed by atoms with Gasteiger partial charge in [-0.05, 0) is 42.7 Å². The number of ether oxygens (including phenoxy) is 1. The highest BCUT2D eigenvalue weighted by molar-refractivity contribution is 5.78. The predicted molar refractivity (Wildman–Crippen MR) is 91.7 cm³/mol. The molecule has 2 saturated heterocycles. The molecule has 0 aromatic heterocycles. The molecule has 1 aromatic carbocycles. The minimum Gasteiger partial charge on any atom is -0.483 e. The van der Waals surface area contributed by atoms with E-state index in [4.69, 9.17) is 4.74 Å². The molecule has 2 fully saturated rings. The molecule has 1 aromatic rings. The zero-order valence-corrected chi connectivity index (χ0v) is 14.4. The Kier molecular flexibility index (Phi) is 4.62. The number of hydrogen-bond acceptors (Lipinski definition) is 3. The molecule has 2 heterocycles. The molecule has 0 saturated carbocycles. The maximum absolute atomic E-state index is 12.2. The summed E-state index contributed by atoms with van der Waals surface area (Å²) >= 11 is 0. The summed E-state index contributed by atoms with van der Waals surface area (Å²) in [5.74, 6) is 0.792. The summed E-state index contributed by atoms with van der Waals surface area (Å²) < 4.78 is 5.81. The van der Waals surface area contributed by atoms with Gasteiger partial charge in [0.2, 0.25) is 0 Å². The van der Waals surface area contributed by atoms with Crippen LogP contribution in [-0.2, 0) is 10.2 Å². The monoisotopic (exact) mass is 316 g/mol. The summed E-state index contributed by atoms with van der Waals surface area (Å²) in [6.45, 7) is 6.55. The quantitative estimate of drug-likeness (QED) is 0.898. The fraction of sp³-hybridized carbons (Fsp3) is 0.632. The van der Waals surface area contributed by atoms with E-state index in [-0.39, 0.29) is 17.9 Å². The van der Waals surface area contributed by atoms with Crippen LogP contribution in [0.15, 0.2) is 24.3 Å². The van der Waals surface area contributed by atoms with Gasteiger partial charge in [-0.3, -0.25) is 4.79 Å². The number of nitrogens with one attached hydrogen (secondary N) is 2. The summed E-state index contributed by atoms with van der Waals surface area (Å²) in [7, 11) is 0. The van der Waals surface area contributed by atoms with Crippen molar-refractivity contribution in [3.05, 3.63) is 29.8 Å². The van der Waals surface area contributed by atoms with E-state index in [1.807, 2.05) is 18.2 Å². The zero-order chi connectivity index (χ0) is 16.4. The number of carbonyl (C=O) groups is 1. The average Bonchev–Trinajstić information content (AvgIpc) is 2.83. The molecule has 2 N–H and O–H groups in total. The van der Waals surface area contributed by atoms with E-state index < -0.39 is 0 Å². The Morgan fingerprint density at radius 1 is 1.22 bits per heavy atom. The van der Waals surface area contributed by atoms with Gasteiger partial charge in [0.1, 0.15) is 5.75 Å². The van der Waals surface area contributed by atoms with Crippen molar-refractivity contribution in [3.63, 3.8) is 0 Å². The Morgan fingerprint density at radius 3 is 2.52 bits per heavy atom. The third kappa shape index (κ3) is 4.05. The normalized spacial score (nSPS) is 26.8. The highest BCUT2D eigenvalue weighted by atomic mass is 16.5. The van der Waals surface area contributed by atoms with Gasteiger partial charge >= 0.3 is 0 Å². The van der Waals surface area contributed by atoms with E-state index in [0.717, 1.165) is 24.2 Å². The molecule has 1 amide bonds. The van der Waals surface area contributed by atoms with Crippen molar-refractivity contribution in [1.29, 1.82) is 0 Å². The number of benzene rings is 1. The number of fused-ring (bicyclic) bond motifs is 2. The van der Waals surface area contributed by atoms with Gasteiger partial charge < -0.3 is 15.4 Å². The Labute approximate surface area is 139 Å². The first-order valence-electron chi connectivity index (χ1n) is 8.69. The van der Waals surface area contributed by atoms with Gasteiger partial charge in [0.05, 0.1) is 0 Å². The van der Waals surface area contributed by atoms with Crippen molar-refractivity contribution >= 4 is 5.91 Å². The van der Waals surface area contributed by atoms with Crippen LogP contribution in [0, 0.1) is 0 Å². The summed E-state index contributed by atoms with van der Waals surface area (Å²) in [4.78, 5) is 12.2. The van der Waals surface area contributed by atoms with E-state index in [0.29, 0.717) is 18.1 Å². The lowest BCUT2D eigenvalue weighted by atomic mass is 9.86. The van der Waals surface area contributed by atoms with E-state index in [2.05, 4.69) is 37.5 Å². The molecule has 0 radical (unpaired) electrons. The van der Waals surface area contributed by atoms with Crippen LogP contribution in [-0.4, -0.2) is 30.6 Å². The minimum atomic E-state index is -0.0139. The van der Waals surface area contributed by atoms with Crippen molar-refractivity contribution in [2.45, 2.75) is 70.0 Å². The first-order chi connectivity index (χ1) is 10.9. The Bertz CT molecular complexity index is 553. The molecule has 2 unspecified atom stereocenters. The number of piperidine rings is 1. The van der Waals surface area contributed by atoms with Gasteiger partial charge in [0.15, 0.2) is 6.61 Å². The SMILES string of the molecule is CC(C)(C)c1ccccc1OCC(=O)NC1CC2CCC(C1)N2. The maximum atomic E-state index is 12.2. The topological polar surface area (TPSA) is 50.4 Å². The van der Waals surface area contributed by atoms with Gasteiger partial charge in [-0.15, -0.1) is 0 Å². The number of carbonyl (C=O) groups excluding carboxylic acids is 1. The lowest BCUT2D eigenvalue weighted by Crippen LogP contribution is -2.49. The molecule has 2 bridgehead atoms. The molecule has 2 aliphatic heterocycles. The van der Waals surface area contributed by atoms with Gasteiger partial charge in [-0.2, -0.15) is 0 Å². The van der Waals surface area contributed by atoms with Crippen molar-refractivity contribution in [1.82, 2.24) is 10.6 Å². The summed E-state index contributed by atoms with van der Waals surface area (Å²) in [5, 5.41) is 6.74. The van der Waals surface area contributed by atoms with E-state index in [1.54, 1.807) is 0 Å². The van der Waals surface area contributed by atoms with Crippen LogP contribution in [0.4, 0.5) is 0 Å². The molecule has 0 spiro atoms. The summed E-state index contributed by atoms with van der Waals surface area (Å²) in [6.07, 6.45) is 4.57. The first kappa shape index (κ1) is 16.3. The lowest BCUT2D eigenvalue weighted by molar-refractivity contribution is -0.124. The van der Waals surface area contributed by atoms with Crippen molar-refractivity contribution in [2.24, 2.45) is 0 Å². The first-order valence-corrected chi connectivity index (χ1v) is 8.69. The van der Waals surface area contributed by atoms with Crippen LogP contribution in [0.5, 0.6) is 5.75 Å². The standard InChI is InChI=1S/C19H28N2O2/c1-19(2,3)16-6-4-5-7-17(16)23-12-18(22)21-15-10-13-8-9-14(11-15)20-13/h4-7,13-15,20H,8-12H2,1-3H3,(H,21,22). The molecule has 3 rings (SSSR count). The Balaban J connectivity index is 1.53. The molecule has 0 aliphatic carbocycles. The molecule has 2 atom stereocenters. The molecule has 23 heavy (non-hydrogen) atoms. The maximum Gasteiger partial charge on any atom is 0.258 e. The average molecular weight is 316 g/mol. The second-order valence-electron chi connectivity index (χ2n) is 7.91. The minimum absolute atomic E-state index is 0.00129. The van der Waals surface area contributed by atoms with Crippen LogP contribution in [0.3, 0.4) is 0 Å². The van der Waals surface area contributed by atoms with E-state index in [1.165, 1.54) is 12.8 Å². The number of hydrogen-bond donors (Lipinski definition) is 2. The Morgan fingerprint density at radius 2 is 1.87 bits per heavy atom. The predicted octanol–water partition coefficient (Wildman–Crippen LogP) is 2.76. The van der Waals surface area contributed by atoms with Crippen molar-refractivity contribution < 1.29 is 9.53 Å². The fourth-order valence-electron chi connectivity index (χ4n) is 3.80. The number of rotatable bonds is 4. The third-order valence-corrected chi connectivity index (χ3v) is 4.89. The molecular formula is C19H28N2O2. The second-order valence-corrected chi connectivity index (χ2v) is 7.91. The van der Waals surface area contributed by atoms with Crippen LogP contribution in [0.1, 0.15) is 52.0 Å². The van der Waals surface area contributed by atoms with Crippen molar-refractivity contribution in [2.75, 3.05) is 6.61 Å². The van der Waals surface area contributed by atoms with Gasteiger partial charge in [0.25, 0.3) is 5.91 Å². The third-order valence-electron chi connectivity index (χ3n) is 4.89. The van der Waals surface area contributed by atoms with Crippen molar-refractivity contribution in [3.8, 4) is 5.75 Å². The highest BCUT2D eigenvalue weighted by Gasteiger charge is 2.34. The smallest absolute Gasteiger partial charge is 0.258 e. The molecule has 4 heteroatoms. The molecular weight excluding hydrogens is 288 g/mol. The zero-order valence-electron chi connectivity index (χ0n) is 14.4. The van der Waals surface area contributed by atoms with Gasteiger partial charge in [-0.25, -0.2) is 0 Å². The molecule has 126 valence electrons. The number of para-hydroxylation sites is 1. The van der Waals surface area contributed by atoms with E-state index in [9.17, 15) is 4.79 Å². The van der Waals surface area contributed by atoms with Gasteiger partial charge in [0, 0.05) is 18.1 Å². The largest absolute Gasteiger partial charge is 0.483 e. The fourth-order valence-corrected chi connectivity index (χ4v) is 3.80. The second kappa shape index (κ2) is 6.52. The highest BCUT2D eigenvalue weighted by Crippen LogP contribution is 2.31. The number of amides is 1. The summed E-state index contributed by atoms with van der Waals surface area (Å²) in [6, 6.07) is 9.44.